The SMILES string of the molecule is Cc1nn(C)c(C)c1CCNC(=O)CCc1cccc(F)c1. The van der Waals surface area contributed by atoms with Gasteiger partial charge in [0.05, 0.1) is 5.69 Å². The van der Waals surface area contributed by atoms with Crippen LogP contribution in [0.25, 0.3) is 0 Å². The van der Waals surface area contributed by atoms with Crippen molar-refractivity contribution in [1.82, 2.24) is 15.1 Å². The molecule has 0 fully saturated rings. The molecule has 0 atom stereocenters. The molecule has 1 aromatic heterocycles. The summed E-state index contributed by atoms with van der Waals surface area (Å²) in [5, 5.41) is 7.27. The molecule has 2 aromatic rings. The van der Waals surface area contributed by atoms with Crippen molar-refractivity contribution in [2.45, 2.75) is 33.1 Å². The Hall–Kier alpha value is -2.17. The number of rotatable bonds is 6. The number of hydrogen-bond donors (Lipinski definition) is 1. The van der Waals surface area contributed by atoms with Gasteiger partial charge in [-0.05, 0) is 49.9 Å². The van der Waals surface area contributed by atoms with Gasteiger partial charge in [0.15, 0.2) is 0 Å². The van der Waals surface area contributed by atoms with Gasteiger partial charge in [-0.15, -0.1) is 0 Å². The Balaban J connectivity index is 1.76. The van der Waals surface area contributed by atoms with Crippen LogP contribution in [0.1, 0.15) is 28.9 Å². The molecular formula is C17H22FN3O. The molecule has 4 nitrogen and oxygen atoms in total. The van der Waals surface area contributed by atoms with Crippen LogP contribution in [0.15, 0.2) is 24.3 Å². The number of hydrogen-bond acceptors (Lipinski definition) is 2. The van der Waals surface area contributed by atoms with Crippen LogP contribution in [0.3, 0.4) is 0 Å². The van der Waals surface area contributed by atoms with Crippen molar-refractivity contribution in [1.29, 1.82) is 0 Å². The van der Waals surface area contributed by atoms with Gasteiger partial charge in [0, 0.05) is 25.7 Å². The molecule has 1 N–H and O–H groups in total. The molecule has 22 heavy (non-hydrogen) atoms. The number of benzene rings is 1. The van der Waals surface area contributed by atoms with Crippen molar-refractivity contribution in [2.24, 2.45) is 7.05 Å². The summed E-state index contributed by atoms with van der Waals surface area (Å²) in [6, 6.07) is 6.37. The van der Waals surface area contributed by atoms with Gasteiger partial charge in [-0.3, -0.25) is 9.48 Å². The van der Waals surface area contributed by atoms with Crippen LogP contribution >= 0.6 is 0 Å². The molecule has 0 saturated carbocycles. The minimum Gasteiger partial charge on any atom is -0.356 e. The number of nitrogens with one attached hydrogen (secondary N) is 1. The standard InChI is InChI=1S/C17H22FN3O/c1-12-16(13(2)21(3)20-12)9-10-19-17(22)8-7-14-5-4-6-15(18)11-14/h4-6,11H,7-10H2,1-3H3,(H,19,22). The average molecular weight is 303 g/mol. The second kappa shape index (κ2) is 7.20. The molecule has 1 aromatic carbocycles. The molecule has 1 amide bonds. The van der Waals surface area contributed by atoms with E-state index in [0.29, 0.717) is 19.4 Å². The summed E-state index contributed by atoms with van der Waals surface area (Å²) in [6.45, 7) is 4.60. The van der Waals surface area contributed by atoms with Crippen LogP contribution in [0.5, 0.6) is 0 Å². The van der Waals surface area contributed by atoms with Crippen molar-refractivity contribution >= 4 is 5.91 Å². The smallest absolute Gasteiger partial charge is 0.220 e. The van der Waals surface area contributed by atoms with E-state index in [1.807, 2.05) is 31.6 Å². The predicted octanol–water partition coefficient (Wildman–Crippen LogP) is 2.47. The van der Waals surface area contributed by atoms with Crippen molar-refractivity contribution in [3.63, 3.8) is 0 Å². The molecule has 0 spiro atoms. The number of halogens is 1. The molecular weight excluding hydrogens is 281 g/mol. The van der Waals surface area contributed by atoms with Crippen molar-refractivity contribution in [3.05, 3.63) is 52.6 Å². The molecule has 0 radical (unpaired) electrons. The van der Waals surface area contributed by atoms with Crippen LogP contribution in [0.2, 0.25) is 0 Å². The van der Waals surface area contributed by atoms with Crippen LogP contribution in [0, 0.1) is 19.7 Å². The Bertz CT molecular complexity index is 664. The Kier molecular flexibility index (Phi) is 5.31. The van der Waals surface area contributed by atoms with E-state index in [0.717, 1.165) is 23.4 Å². The zero-order chi connectivity index (χ0) is 16.1. The number of aryl methyl sites for hydroxylation is 3. The second-order valence-electron chi connectivity index (χ2n) is 5.50. The first-order chi connectivity index (χ1) is 10.5. The zero-order valence-electron chi connectivity index (χ0n) is 13.3. The van der Waals surface area contributed by atoms with Gasteiger partial charge in [-0.2, -0.15) is 5.10 Å². The fourth-order valence-corrected chi connectivity index (χ4v) is 2.54. The summed E-state index contributed by atoms with van der Waals surface area (Å²) >= 11 is 0. The fraction of sp³-hybridized carbons (Fsp3) is 0.412. The molecule has 0 aliphatic rings. The van der Waals surface area contributed by atoms with E-state index < -0.39 is 0 Å². The lowest BCUT2D eigenvalue weighted by atomic mass is 10.1. The Morgan fingerprint density at radius 1 is 1.32 bits per heavy atom. The quantitative estimate of drug-likeness (QED) is 0.891. The van der Waals surface area contributed by atoms with E-state index in [9.17, 15) is 9.18 Å². The topological polar surface area (TPSA) is 46.9 Å². The largest absolute Gasteiger partial charge is 0.356 e. The maximum atomic E-state index is 13.1. The fourth-order valence-electron chi connectivity index (χ4n) is 2.54. The summed E-state index contributed by atoms with van der Waals surface area (Å²) < 4.78 is 14.9. The lowest BCUT2D eigenvalue weighted by Gasteiger charge is -2.06. The molecule has 118 valence electrons. The maximum absolute atomic E-state index is 13.1. The maximum Gasteiger partial charge on any atom is 0.220 e. The Morgan fingerprint density at radius 3 is 2.73 bits per heavy atom. The number of carbonyl (C=O) groups is 1. The van der Waals surface area contributed by atoms with Crippen LogP contribution in [-0.2, 0) is 24.7 Å². The lowest BCUT2D eigenvalue weighted by Crippen LogP contribution is -2.26. The molecule has 0 aliphatic heterocycles. The molecule has 5 heteroatoms. The normalized spacial score (nSPS) is 10.7. The Morgan fingerprint density at radius 2 is 2.09 bits per heavy atom. The molecule has 1 heterocycles. The highest BCUT2D eigenvalue weighted by Crippen LogP contribution is 2.12. The Labute approximate surface area is 130 Å². The summed E-state index contributed by atoms with van der Waals surface area (Å²) in [6.07, 6.45) is 1.69. The lowest BCUT2D eigenvalue weighted by molar-refractivity contribution is -0.121. The number of carbonyl (C=O) groups excluding carboxylic acids is 1. The summed E-state index contributed by atoms with van der Waals surface area (Å²) in [5.74, 6) is -0.274. The number of aromatic nitrogens is 2. The third-order valence-corrected chi connectivity index (χ3v) is 3.89. The van der Waals surface area contributed by atoms with Crippen LogP contribution in [-0.4, -0.2) is 22.2 Å². The number of amides is 1. The van der Waals surface area contributed by atoms with Gasteiger partial charge < -0.3 is 5.32 Å². The van der Waals surface area contributed by atoms with Crippen molar-refractivity contribution in [3.8, 4) is 0 Å². The average Bonchev–Trinajstić information content (AvgIpc) is 2.71. The highest BCUT2D eigenvalue weighted by atomic mass is 19.1. The first-order valence-corrected chi connectivity index (χ1v) is 7.47. The monoisotopic (exact) mass is 303 g/mol. The highest BCUT2D eigenvalue weighted by molar-refractivity contribution is 5.76. The third kappa shape index (κ3) is 4.16. The molecule has 0 bridgehead atoms. The van der Waals surface area contributed by atoms with Gasteiger partial charge in [0.1, 0.15) is 5.82 Å². The summed E-state index contributed by atoms with van der Waals surface area (Å²) in [4.78, 5) is 11.8. The van der Waals surface area contributed by atoms with E-state index in [1.54, 1.807) is 6.07 Å². The molecule has 0 unspecified atom stereocenters. The van der Waals surface area contributed by atoms with E-state index in [4.69, 9.17) is 0 Å². The van der Waals surface area contributed by atoms with Crippen molar-refractivity contribution in [2.75, 3.05) is 6.54 Å². The third-order valence-electron chi connectivity index (χ3n) is 3.89. The van der Waals surface area contributed by atoms with E-state index in [1.165, 1.54) is 17.7 Å². The van der Waals surface area contributed by atoms with Gasteiger partial charge in [0.2, 0.25) is 5.91 Å². The van der Waals surface area contributed by atoms with Gasteiger partial charge in [0.25, 0.3) is 0 Å². The van der Waals surface area contributed by atoms with E-state index >= 15 is 0 Å². The van der Waals surface area contributed by atoms with E-state index in [-0.39, 0.29) is 11.7 Å². The van der Waals surface area contributed by atoms with Gasteiger partial charge >= 0.3 is 0 Å². The minimum absolute atomic E-state index is 0.0107. The second-order valence-corrected chi connectivity index (χ2v) is 5.50. The first kappa shape index (κ1) is 16.2. The van der Waals surface area contributed by atoms with E-state index in [2.05, 4.69) is 10.4 Å². The van der Waals surface area contributed by atoms with Crippen LogP contribution < -0.4 is 5.32 Å². The first-order valence-electron chi connectivity index (χ1n) is 7.47. The van der Waals surface area contributed by atoms with Crippen molar-refractivity contribution < 1.29 is 9.18 Å². The number of nitrogens with zero attached hydrogens (tertiary/aromatic N) is 2. The molecule has 2 rings (SSSR count). The summed E-state index contributed by atoms with van der Waals surface area (Å²) in [5.41, 5.74) is 4.17. The van der Waals surface area contributed by atoms with Crippen LogP contribution in [0.4, 0.5) is 4.39 Å². The highest BCUT2D eigenvalue weighted by Gasteiger charge is 2.09. The summed E-state index contributed by atoms with van der Waals surface area (Å²) in [7, 11) is 1.92. The zero-order valence-corrected chi connectivity index (χ0v) is 13.3. The van der Waals surface area contributed by atoms with Gasteiger partial charge in [-0.25, -0.2) is 4.39 Å². The molecule has 0 aliphatic carbocycles. The minimum atomic E-state index is -0.263. The predicted molar refractivity (Wildman–Crippen MR) is 84.1 cm³/mol. The van der Waals surface area contributed by atoms with Gasteiger partial charge in [-0.1, -0.05) is 12.1 Å². The molecule has 0 saturated heterocycles.